The fourth-order valence-corrected chi connectivity index (χ4v) is 3.85. The molecule has 0 bridgehead atoms. The van der Waals surface area contributed by atoms with Crippen molar-refractivity contribution in [3.05, 3.63) is 35.9 Å². The molecule has 0 aliphatic heterocycles. The van der Waals surface area contributed by atoms with E-state index in [1.165, 1.54) is 13.1 Å². The van der Waals surface area contributed by atoms with Crippen molar-refractivity contribution >= 4 is 34.5 Å². The molecule has 7 nitrogen and oxygen atoms in total. The van der Waals surface area contributed by atoms with Crippen LogP contribution in [-0.2, 0) is 14.4 Å². The Hall–Kier alpha value is -3.22. The second kappa shape index (κ2) is 12.1. The van der Waals surface area contributed by atoms with Crippen LogP contribution < -0.4 is 10.1 Å². The first-order chi connectivity index (χ1) is 15.7. The molecule has 0 aliphatic rings. The Morgan fingerprint density at radius 2 is 1.88 bits per heavy atom. The van der Waals surface area contributed by atoms with Crippen LogP contribution in [0.15, 0.2) is 30.3 Å². The van der Waals surface area contributed by atoms with Crippen molar-refractivity contribution in [1.82, 2.24) is 5.32 Å². The smallest absolute Gasteiger partial charge is 0.219 e. The summed E-state index contributed by atoms with van der Waals surface area (Å²) in [6.45, 7) is 6.32. The third kappa shape index (κ3) is 7.14. The van der Waals surface area contributed by atoms with E-state index in [1.807, 2.05) is 6.07 Å². The number of hydrogen-bond donors (Lipinski definition) is 3. The normalized spacial score (nSPS) is 13.7. The first kappa shape index (κ1) is 26.0. The van der Waals surface area contributed by atoms with E-state index in [-0.39, 0.29) is 36.0 Å². The van der Waals surface area contributed by atoms with Gasteiger partial charge >= 0.3 is 0 Å². The Balaban J connectivity index is 2.15. The molecule has 0 aliphatic carbocycles. The first-order valence-electron chi connectivity index (χ1n) is 11.3. The van der Waals surface area contributed by atoms with E-state index < -0.39 is 5.92 Å². The minimum absolute atomic E-state index is 0.0149. The van der Waals surface area contributed by atoms with Gasteiger partial charge in [0.05, 0.1) is 18.2 Å². The van der Waals surface area contributed by atoms with Gasteiger partial charge in [-0.25, -0.2) is 0 Å². The molecule has 2 rings (SSSR count). The minimum Gasteiger partial charge on any atom is -0.507 e. The highest BCUT2D eigenvalue weighted by molar-refractivity contribution is 6.16. The van der Waals surface area contributed by atoms with Gasteiger partial charge in [0.2, 0.25) is 5.91 Å². The van der Waals surface area contributed by atoms with Gasteiger partial charge in [-0.1, -0.05) is 19.9 Å². The van der Waals surface area contributed by atoms with Gasteiger partial charge in [0.25, 0.3) is 0 Å². The van der Waals surface area contributed by atoms with Gasteiger partial charge in [-0.3, -0.25) is 4.79 Å². The van der Waals surface area contributed by atoms with E-state index in [4.69, 9.17) is 10.1 Å². The monoisotopic (exact) mass is 454 g/mol. The van der Waals surface area contributed by atoms with Gasteiger partial charge in [-0.2, -0.15) is 0 Å². The number of aromatic hydroxyl groups is 1. The Bertz CT molecular complexity index is 1020. The molecule has 178 valence electrons. The van der Waals surface area contributed by atoms with Gasteiger partial charge in [0, 0.05) is 25.5 Å². The molecule has 3 atom stereocenters. The Morgan fingerprint density at radius 1 is 1.15 bits per heavy atom. The van der Waals surface area contributed by atoms with Crippen LogP contribution in [0.4, 0.5) is 0 Å². The number of rotatable bonds is 13. The van der Waals surface area contributed by atoms with Gasteiger partial charge < -0.3 is 30.2 Å². The second-order valence-corrected chi connectivity index (χ2v) is 8.71. The average molecular weight is 455 g/mol. The van der Waals surface area contributed by atoms with Crippen molar-refractivity contribution in [3.8, 4) is 11.5 Å². The summed E-state index contributed by atoms with van der Waals surface area (Å²) in [6.07, 6.45) is 2.36. The van der Waals surface area contributed by atoms with Gasteiger partial charge in [-0.15, -0.1) is 0 Å². The van der Waals surface area contributed by atoms with Crippen molar-refractivity contribution in [3.63, 3.8) is 0 Å². The van der Waals surface area contributed by atoms with Crippen LogP contribution in [0.5, 0.6) is 11.5 Å². The maximum atomic E-state index is 11.6. The van der Waals surface area contributed by atoms with Crippen molar-refractivity contribution in [2.75, 3.05) is 13.7 Å². The van der Waals surface area contributed by atoms with Crippen LogP contribution in [-0.4, -0.2) is 42.4 Å². The largest absolute Gasteiger partial charge is 0.507 e. The maximum Gasteiger partial charge on any atom is 0.219 e. The van der Waals surface area contributed by atoms with Crippen molar-refractivity contribution in [2.24, 2.45) is 17.8 Å². The summed E-state index contributed by atoms with van der Waals surface area (Å²) in [6, 6.07) is 8.64. The fourth-order valence-electron chi connectivity index (χ4n) is 3.85. The standard InChI is InChI=1S/C26H34N2O5/c1-16(17(2)13-18(3)30)11-12-33-21-7-8-22-19(14-21)5-9-23(31)25(22)26(27)20(15-29)6-10-24(32)28-4/h5,7-9,14-17,20,27,31H,6,10-13H2,1-4H3,(H,28,32)/t16-,17-,20?/m1/s1. The Morgan fingerprint density at radius 3 is 2.52 bits per heavy atom. The number of Topliss-reactive ketones (excluding diaryl/α,β-unsaturated/α-hetero) is 1. The lowest BCUT2D eigenvalue weighted by Crippen LogP contribution is -2.22. The maximum absolute atomic E-state index is 11.6. The summed E-state index contributed by atoms with van der Waals surface area (Å²) in [5.74, 6) is 0.434. The summed E-state index contributed by atoms with van der Waals surface area (Å²) in [5, 5.41) is 22.9. The molecule has 2 aromatic rings. The molecular formula is C26H34N2O5. The lowest BCUT2D eigenvalue weighted by atomic mass is 9.89. The zero-order valence-electron chi connectivity index (χ0n) is 19.8. The summed E-state index contributed by atoms with van der Waals surface area (Å²) in [7, 11) is 1.52. The molecule has 0 spiro atoms. The number of phenols is 1. The molecule has 33 heavy (non-hydrogen) atoms. The van der Waals surface area contributed by atoms with E-state index in [2.05, 4.69) is 19.2 Å². The predicted octanol–water partition coefficient (Wildman–Crippen LogP) is 4.27. The number of aldehydes is 1. The third-order valence-electron chi connectivity index (χ3n) is 6.16. The number of ether oxygens (including phenoxy) is 1. The number of carbonyl (C=O) groups is 3. The zero-order valence-corrected chi connectivity index (χ0v) is 19.8. The molecule has 0 fully saturated rings. The van der Waals surface area contributed by atoms with Gasteiger partial charge in [0.15, 0.2) is 0 Å². The summed E-state index contributed by atoms with van der Waals surface area (Å²) in [5.41, 5.74) is 0.277. The van der Waals surface area contributed by atoms with Crippen LogP contribution in [0.25, 0.3) is 10.8 Å². The lowest BCUT2D eigenvalue weighted by molar-refractivity contribution is -0.121. The van der Waals surface area contributed by atoms with Crippen LogP contribution >= 0.6 is 0 Å². The molecule has 0 radical (unpaired) electrons. The first-order valence-corrected chi connectivity index (χ1v) is 11.3. The number of ketones is 1. The lowest BCUT2D eigenvalue weighted by Gasteiger charge is -2.19. The van der Waals surface area contributed by atoms with Crippen LogP contribution in [0.2, 0.25) is 0 Å². The number of nitrogens with one attached hydrogen (secondary N) is 2. The highest BCUT2D eigenvalue weighted by Gasteiger charge is 2.22. The number of hydrogen-bond acceptors (Lipinski definition) is 6. The third-order valence-corrected chi connectivity index (χ3v) is 6.16. The second-order valence-electron chi connectivity index (χ2n) is 8.71. The predicted molar refractivity (Wildman–Crippen MR) is 129 cm³/mol. The van der Waals surface area contributed by atoms with Gasteiger partial charge in [-0.05, 0) is 66.6 Å². The van der Waals surface area contributed by atoms with Crippen LogP contribution in [0, 0.1) is 23.2 Å². The number of fused-ring (bicyclic) bond motifs is 1. The molecule has 1 unspecified atom stereocenters. The number of phenolic OH excluding ortho intramolecular Hbond substituents is 1. The average Bonchev–Trinajstić information content (AvgIpc) is 2.78. The van der Waals surface area contributed by atoms with Gasteiger partial charge in [0.1, 0.15) is 23.6 Å². The Kier molecular flexibility index (Phi) is 9.57. The molecule has 3 N–H and O–H groups in total. The summed E-state index contributed by atoms with van der Waals surface area (Å²) < 4.78 is 5.91. The van der Waals surface area contributed by atoms with E-state index in [0.29, 0.717) is 47.8 Å². The molecule has 1 amide bonds. The van der Waals surface area contributed by atoms with E-state index in [0.717, 1.165) is 11.8 Å². The van der Waals surface area contributed by atoms with Crippen molar-refractivity contribution < 1.29 is 24.2 Å². The molecular weight excluding hydrogens is 420 g/mol. The SMILES string of the molecule is CNC(=O)CCC(C=O)C(=N)c1c(O)ccc2cc(OCC[C@@H](C)[C@H](C)CC(C)=O)ccc12. The van der Waals surface area contributed by atoms with Crippen LogP contribution in [0.1, 0.15) is 52.0 Å². The summed E-state index contributed by atoms with van der Waals surface area (Å²) >= 11 is 0. The van der Waals surface area contributed by atoms with Crippen molar-refractivity contribution in [1.29, 1.82) is 5.41 Å². The number of benzene rings is 2. The fraction of sp³-hybridized carbons (Fsp3) is 0.462. The number of amides is 1. The highest BCUT2D eigenvalue weighted by Crippen LogP contribution is 2.32. The van der Waals surface area contributed by atoms with E-state index in [1.54, 1.807) is 25.1 Å². The zero-order chi connectivity index (χ0) is 24.5. The molecule has 0 heterocycles. The van der Waals surface area contributed by atoms with E-state index >= 15 is 0 Å². The molecule has 7 heteroatoms. The van der Waals surface area contributed by atoms with Crippen molar-refractivity contribution in [2.45, 2.75) is 46.5 Å². The Labute approximate surface area is 195 Å². The quantitative estimate of drug-likeness (QED) is 0.309. The molecule has 2 aromatic carbocycles. The van der Waals surface area contributed by atoms with Crippen LogP contribution in [0.3, 0.4) is 0 Å². The molecule has 0 saturated heterocycles. The molecule has 0 aromatic heterocycles. The highest BCUT2D eigenvalue weighted by atomic mass is 16.5. The minimum atomic E-state index is -0.798. The number of carbonyl (C=O) groups excluding carboxylic acids is 3. The topological polar surface area (TPSA) is 117 Å². The molecule has 0 saturated carbocycles. The summed E-state index contributed by atoms with van der Waals surface area (Å²) in [4.78, 5) is 34.5. The van der Waals surface area contributed by atoms with E-state index in [9.17, 15) is 19.5 Å².